The molecule has 0 fully saturated rings. The van der Waals surface area contributed by atoms with Gasteiger partial charge in [0, 0.05) is 26.9 Å². The summed E-state index contributed by atoms with van der Waals surface area (Å²) in [5.74, 6) is 0.735. The van der Waals surface area contributed by atoms with E-state index in [9.17, 15) is 0 Å². The van der Waals surface area contributed by atoms with Crippen molar-refractivity contribution in [2.75, 3.05) is 40.0 Å². The Morgan fingerprint density at radius 1 is 1.13 bits per heavy atom. The molecule has 1 atom stereocenters. The number of hydrogen-bond acceptors (Lipinski definition) is 3. The molecule has 0 aliphatic rings. The molecule has 0 amide bonds. The van der Waals surface area contributed by atoms with Crippen LogP contribution in [0.4, 0.5) is 0 Å². The van der Waals surface area contributed by atoms with Crippen molar-refractivity contribution in [3.63, 3.8) is 0 Å². The maximum Gasteiger partial charge on any atom is 0.0587 e. The predicted octanol–water partition coefficient (Wildman–Crippen LogP) is 2.07. The third-order valence-corrected chi connectivity index (χ3v) is 2.51. The zero-order valence-corrected chi connectivity index (χ0v) is 10.6. The van der Waals surface area contributed by atoms with Crippen molar-refractivity contribution >= 4 is 0 Å². The Morgan fingerprint density at radius 3 is 2.53 bits per heavy atom. The maximum absolute atomic E-state index is 5.49. The van der Waals surface area contributed by atoms with Crippen LogP contribution in [0.25, 0.3) is 0 Å². The highest BCUT2D eigenvalue weighted by atomic mass is 16.5. The smallest absolute Gasteiger partial charge is 0.0587 e. The number of nitrogens with one attached hydrogen (secondary N) is 1. The molecule has 0 aromatic heterocycles. The molecule has 3 nitrogen and oxygen atoms in total. The second-order valence-corrected chi connectivity index (χ2v) is 3.87. The Kier molecular flexibility index (Phi) is 11.9. The Labute approximate surface area is 94.5 Å². The molecule has 0 bridgehead atoms. The molecule has 1 unspecified atom stereocenters. The van der Waals surface area contributed by atoms with Crippen LogP contribution < -0.4 is 5.32 Å². The second-order valence-electron chi connectivity index (χ2n) is 3.87. The molecular weight excluding hydrogens is 190 g/mol. The molecule has 0 rings (SSSR count). The summed E-state index contributed by atoms with van der Waals surface area (Å²) >= 11 is 0. The van der Waals surface area contributed by atoms with Gasteiger partial charge in [0.05, 0.1) is 6.61 Å². The number of hydrogen-bond donors (Lipinski definition) is 1. The molecular formula is C12H27NO2. The van der Waals surface area contributed by atoms with E-state index in [4.69, 9.17) is 9.47 Å². The fourth-order valence-electron chi connectivity index (χ4n) is 1.43. The first-order valence-corrected chi connectivity index (χ1v) is 6.12. The van der Waals surface area contributed by atoms with Gasteiger partial charge in [-0.2, -0.15) is 0 Å². The molecule has 3 heteroatoms. The lowest BCUT2D eigenvalue weighted by atomic mass is 10.0. The number of rotatable bonds is 11. The van der Waals surface area contributed by atoms with Crippen LogP contribution in [0, 0.1) is 5.92 Å². The van der Waals surface area contributed by atoms with Crippen LogP contribution in [-0.4, -0.2) is 40.0 Å². The average molecular weight is 217 g/mol. The lowest BCUT2D eigenvalue weighted by molar-refractivity contribution is 0.119. The summed E-state index contributed by atoms with van der Waals surface area (Å²) in [5.41, 5.74) is 0. The molecule has 0 aromatic rings. The van der Waals surface area contributed by atoms with Crippen molar-refractivity contribution in [1.82, 2.24) is 5.32 Å². The number of ether oxygens (including phenoxy) is 2. The second kappa shape index (κ2) is 12.0. The van der Waals surface area contributed by atoms with Gasteiger partial charge >= 0.3 is 0 Å². The largest absolute Gasteiger partial charge is 0.383 e. The van der Waals surface area contributed by atoms with Crippen LogP contribution in [0.1, 0.15) is 33.1 Å². The topological polar surface area (TPSA) is 30.5 Å². The Bertz CT molecular complexity index is 108. The van der Waals surface area contributed by atoms with Crippen molar-refractivity contribution in [2.24, 2.45) is 5.92 Å². The highest BCUT2D eigenvalue weighted by molar-refractivity contribution is 4.60. The van der Waals surface area contributed by atoms with E-state index < -0.39 is 0 Å². The van der Waals surface area contributed by atoms with E-state index in [-0.39, 0.29) is 0 Å². The summed E-state index contributed by atoms with van der Waals surface area (Å²) in [5, 5.41) is 3.40. The van der Waals surface area contributed by atoms with Gasteiger partial charge in [-0.15, -0.1) is 0 Å². The van der Waals surface area contributed by atoms with E-state index in [2.05, 4.69) is 19.2 Å². The van der Waals surface area contributed by atoms with E-state index in [1.54, 1.807) is 7.11 Å². The first kappa shape index (κ1) is 14.9. The fourth-order valence-corrected chi connectivity index (χ4v) is 1.43. The summed E-state index contributed by atoms with van der Waals surface area (Å²) < 4.78 is 10.5. The van der Waals surface area contributed by atoms with Crippen molar-refractivity contribution in [3.8, 4) is 0 Å². The van der Waals surface area contributed by atoms with Crippen LogP contribution in [0.2, 0.25) is 0 Å². The quantitative estimate of drug-likeness (QED) is 0.537. The molecule has 0 radical (unpaired) electrons. The van der Waals surface area contributed by atoms with Crippen molar-refractivity contribution in [3.05, 3.63) is 0 Å². The predicted molar refractivity (Wildman–Crippen MR) is 64.3 cm³/mol. The minimum atomic E-state index is 0.735. The van der Waals surface area contributed by atoms with Gasteiger partial charge in [0.1, 0.15) is 0 Å². The van der Waals surface area contributed by atoms with E-state index in [1.165, 1.54) is 6.42 Å². The van der Waals surface area contributed by atoms with Gasteiger partial charge in [-0.3, -0.25) is 0 Å². The van der Waals surface area contributed by atoms with Crippen LogP contribution in [0.3, 0.4) is 0 Å². The average Bonchev–Trinajstić information content (AvgIpc) is 2.27. The summed E-state index contributed by atoms with van der Waals surface area (Å²) in [6, 6.07) is 0. The molecule has 92 valence electrons. The van der Waals surface area contributed by atoms with E-state index in [0.717, 1.165) is 51.7 Å². The van der Waals surface area contributed by atoms with E-state index in [0.29, 0.717) is 0 Å². The number of methoxy groups -OCH3 is 1. The minimum Gasteiger partial charge on any atom is -0.383 e. The Morgan fingerprint density at radius 2 is 1.93 bits per heavy atom. The normalized spacial score (nSPS) is 13.0. The fraction of sp³-hybridized carbons (Fsp3) is 1.00. The molecule has 0 aliphatic heterocycles. The third kappa shape index (κ3) is 10.2. The minimum absolute atomic E-state index is 0.735. The summed E-state index contributed by atoms with van der Waals surface area (Å²) in [7, 11) is 1.73. The Balaban J connectivity index is 3.29. The molecule has 0 aromatic carbocycles. The van der Waals surface area contributed by atoms with Crippen LogP contribution in [-0.2, 0) is 9.47 Å². The molecule has 0 saturated heterocycles. The zero-order valence-electron chi connectivity index (χ0n) is 10.6. The van der Waals surface area contributed by atoms with Gasteiger partial charge in [0.15, 0.2) is 0 Å². The SMILES string of the molecule is CCCOCCC(CC)CNCCOC. The lowest BCUT2D eigenvalue weighted by Crippen LogP contribution is -2.26. The molecule has 0 spiro atoms. The standard InChI is InChI=1S/C12H27NO2/c1-4-8-15-9-6-12(5-2)11-13-7-10-14-3/h12-13H,4-11H2,1-3H3. The van der Waals surface area contributed by atoms with Gasteiger partial charge in [0.25, 0.3) is 0 Å². The molecule has 0 heterocycles. The summed E-state index contributed by atoms with van der Waals surface area (Å²) in [6.07, 6.45) is 3.49. The highest BCUT2D eigenvalue weighted by Crippen LogP contribution is 2.06. The van der Waals surface area contributed by atoms with Crippen molar-refractivity contribution in [2.45, 2.75) is 33.1 Å². The van der Waals surface area contributed by atoms with Gasteiger partial charge in [-0.1, -0.05) is 20.3 Å². The summed E-state index contributed by atoms with van der Waals surface area (Å²) in [6.45, 7) is 9.00. The van der Waals surface area contributed by atoms with Crippen molar-refractivity contribution in [1.29, 1.82) is 0 Å². The lowest BCUT2D eigenvalue weighted by Gasteiger charge is -2.15. The molecule has 15 heavy (non-hydrogen) atoms. The Hall–Kier alpha value is -0.120. The first-order valence-electron chi connectivity index (χ1n) is 6.12. The van der Waals surface area contributed by atoms with Gasteiger partial charge in [-0.05, 0) is 25.3 Å². The van der Waals surface area contributed by atoms with Gasteiger partial charge < -0.3 is 14.8 Å². The molecule has 0 saturated carbocycles. The third-order valence-electron chi connectivity index (χ3n) is 2.51. The van der Waals surface area contributed by atoms with Gasteiger partial charge in [-0.25, -0.2) is 0 Å². The van der Waals surface area contributed by atoms with E-state index >= 15 is 0 Å². The first-order chi connectivity index (χ1) is 7.35. The highest BCUT2D eigenvalue weighted by Gasteiger charge is 2.05. The molecule has 1 N–H and O–H groups in total. The molecule has 0 aliphatic carbocycles. The van der Waals surface area contributed by atoms with Crippen LogP contribution in [0.15, 0.2) is 0 Å². The monoisotopic (exact) mass is 217 g/mol. The summed E-state index contributed by atoms with van der Waals surface area (Å²) in [4.78, 5) is 0. The van der Waals surface area contributed by atoms with Crippen molar-refractivity contribution < 1.29 is 9.47 Å². The van der Waals surface area contributed by atoms with Crippen LogP contribution >= 0.6 is 0 Å². The van der Waals surface area contributed by atoms with E-state index in [1.807, 2.05) is 0 Å². The van der Waals surface area contributed by atoms with Gasteiger partial charge in [0.2, 0.25) is 0 Å². The maximum atomic E-state index is 5.49. The zero-order chi connectivity index (χ0) is 11.4. The van der Waals surface area contributed by atoms with Crippen LogP contribution in [0.5, 0.6) is 0 Å².